The highest BCUT2D eigenvalue weighted by Gasteiger charge is 2.31. The van der Waals surface area contributed by atoms with E-state index in [4.69, 9.17) is 0 Å². The summed E-state index contributed by atoms with van der Waals surface area (Å²) in [5.41, 5.74) is 1.73. The Morgan fingerprint density at radius 2 is 1.56 bits per heavy atom. The van der Waals surface area contributed by atoms with Gasteiger partial charge in [-0.25, -0.2) is 13.1 Å². The van der Waals surface area contributed by atoms with Crippen LogP contribution in [0, 0.1) is 18.8 Å². The van der Waals surface area contributed by atoms with Crippen molar-refractivity contribution in [2.24, 2.45) is 11.8 Å². The van der Waals surface area contributed by atoms with Crippen LogP contribution in [-0.4, -0.2) is 43.5 Å². The average Bonchev–Trinajstić information content (AvgIpc) is 2.77. The summed E-state index contributed by atoms with van der Waals surface area (Å²) in [6.07, 6.45) is -0.446. The molecule has 0 unspecified atom stereocenters. The Bertz CT molecular complexity index is 975. The number of carbonyl (C=O) groups excluding carboxylic acids is 1. The summed E-state index contributed by atoms with van der Waals surface area (Å²) in [4.78, 5) is 14.9. The van der Waals surface area contributed by atoms with Crippen molar-refractivity contribution in [3.05, 3.63) is 65.7 Å². The Morgan fingerprint density at radius 1 is 1.00 bits per heavy atom. The topological polar surface area (TPSA) is 86.7 Å². The molecular formula is C25H36N2O4S. The van der Waals surface area contributed by atoms with Crippen LogP contribution in [-0.2, 0) is 14.8 Å². The van der Waals surface area contributed by atoms with Crippen molar-refractivity contribution in [1.29, 1.82) is 0 Å². The molecule has 0 aromatic heterocycles. The maximum atomic E-state index is 13.1. The van der Waals surface area contributed by atoms with Crippen LogP contribution >= 0.6 is 0 Å². The number of sulfonamides is 1. The van der Waals surface area contributed by atoms with Crippen molar-refractivity contribution in [2.45, 2.75) is 64.1 Å². The molecule has 0 fully saturated rings. The van der Waals surface area contributed by atoms with Crippen LogP contribution in [0.2, 0.25) is 0 Å². The van der Waals surface area contributed by atoms with E-state index in [0.29, 0.717) is 6.42 Å². The minimum absolute atomic E-state index is 0.00288. The van der Waals surface area contributed by atoms with Crippen LogP contribution in [0.3, 0.4) is 0 Å². The van der Waals surface area contributed by atoms with Gasteiger partial charge in [-0.05, 0) is 43.9 Å². The molecule has 176 valence electrons. The van der Waals surface area contributed by atoms with Crippen LogP contribution in [0.4, 0.5) is 0 Å². The number of likely N-dealkylation sites (N-methyl/N-ethyl adjacent to an activating group) is 1. The third-order valence-electron chi connectivity index (χ3n) is 6.03. The van der Waals surface area contributed by atoms with E-state index in [2.05, 4.69) is 4.72 Å². The molecule has 0 saturated heterocycles. The molecular weight excluding hydrogens is 424 g/mol. The number of benzene rings is 2. The van der Waals surface area contributed by atoms with Crippen LogP contribution < -0.4 is 4.72 Å². The first-order valence-corrected chi connectivity index (χ1v) is 12.5. The van der Waals surface area contributed by atoms with Gasteiger partial charge in [-0.15, -0.1) is 0 Å². The van der Waals surface area contributed by atoms with Crippen molar-refractivity contribution in [3.8, 4) is 0 Å². The minimum Gasteiger partial charge on any atom is -0.386 e. The molecule has 7 heteroatoms. The van der Waals surface area contributed by atoms with Gasteiger partial charge < -0.3 is 10.0 Å². The number of amides is 1. The van der Waals surface area contributed by atoms with Gasteiger partial charge in [0.15, 0.2) is 0 Å². The number of aliphatic hydroxyl groups excluding tert-OH is 1. The summed E-state index contributed by atoms with van der Waals surface area (Å²) in [5.74, 6) is -0.547. The molecule has 2 rings (SSSR count). The fraction of sp³-hybridized carbons (Fsp3) is 0.480. The zero-order valence-corrected chi connectivity index (χ0v) is 20.6. The maximum Gasteiger partial charge on any atom is 0.240 e. The van der Waals surface area contributed by atoms with Crippen LogP contribution in [0.15, 0.2) is 59.5 Å². The fourth-order valence-corrected chi connectivity index (χ4v) is 5.01. The lowest BCUT2D eigenvalue weighted by atomic mass is 9.93. The molecule has 0 radical (unpaired) electrons. The molecule has 0 bridgehead atoms. The van der Waals surface area contributed by atoms with E-state index in [0.717, 1.165) is 11.1 Å². The lowest BCUT2D eigenvalue weighted by Crippen LogP contribution is -2.45. The SMILES string of the molecule is Cc1ccc(S(=O)(=O)N[C@@H](C[C@@H](C)C(=O)N(C)[C@@H](C)[C@@H](O)c2ccccc2)C(C)C)cc1. The summed E-state index contributed by atoms with van der Waals surface area (Å²) in [6.45, 7) is 9.38. The van der Waals surface area contributed by atoms with Gasteiger partial charge in [-0.1, -0.05) is 68.8 Å². The first-order chi connectivity index (χ1) is 14.9. The lowest BCUT2D eigenvalue weighted by molar-refractivity contribution is -0.138. The van der Waals surface area contributed by atoms with Gasteiger partial charge in [-0.2, -0.15) is 0 Å². The molecule has 4 atom stereocenters. The Hall–Kier alpha value is -2.22. The number of rotatable bonds is 10. The lowest BCUT2D eigenvalue weighted by Gasteiger charge is -2.33. The molecule has 1 amide bonds. The van der Waals surface area contributed by atoms with Gasteiger partial charge in [0.05, 0.1) is 17.0 Å². The van der Waals surface area contributed by atoms with Gasteiger partial charge in [0.25, 0.3) is 0 Å². The van der Waals surface area contributed by atoms with E-state index in [1.54, 1.807) is 43.1 Å². The van der Waals surface area contributed by atoms with E-state index >= 15 is 0 Å². The Balaban J connectivity index is 2.08. The molecule has 2 aromatic rings. The third-order valence-corrected chi connectivity index (χ3v) is 7.53. The predicted molar refractivity (Wildman–Crippen MR) is 128 cm³/mol. The molecule has 2 aromatic carbocycles. The van der Waals surface area contributed by atoms with Gasteiger partial charge in [-0.3, -0.25) is 4.79 Å². The maximum absolute atomic E-state index is 13.1. The van der Waals surface area contributed by atoms with Crippen LogP contribution in [0.1, 0.15) is 51.3 Å². The smallest absolute Gasteiger partial charge is 0.240 e. The second kappa shape index (κ2) is 11.1. The molecule has 0 heterocycles. The molecule has 0 aliphatic rings. The quantitative estimate of drug-likeness (QED) is 0.563. The van der Waals surface area contributed by atoms with E-state index in [-0.39, 0.29) is 16.7 Å². The number of hydrogen-bond acceptors (Lipinski definition) is 4. The molecule has 0 saturated carbocycles. The van der Waals surface area contributed by atoms with Crippen molar-refractivity contribution < 1.29 is 18.3 Å². The summed E-state index contributed by atoms with van der Waals surface area (Å²) >= 11 is 0. The number of aryl methyl sites for hydroxylation is 1. The van der Waals surface area contributed by atoms with E-state index < -0.39 is 34.1 Å². The first kappa shape index (κ1) is 26.0. The summed E-state index contributed by atoms with van der Waals surface area (Å²) in [6, 6.07) is 15.1. The van der Waals surface area contributed by atoms with Crippen molar-refractivity contribution in [3.63, 3.8) is 0 Å². The monoisotopic (exact) mass is 460 g/mol. The zero-order chi connectivity index (χ0) is 24.1. The number of nitrogens with one attached hydrogen (secondary N) is 1. The standard InChI is InChI=1S/C25H36N2O4S/c1-17(2)23(26-32(30,31)22-14-12-18(3)13-15-22)16-19(4)25(29)27(6)20(5)24(28)21-10-8-7-9-11-21/h7-15,17,19-20,23-24,26,28H,16H2,1-6H3/t19-,20+,23+,24-/m1/s1. The van der Waals surface area contributed by atoms with Crippen molar-refractivity contribution in [1.82, 2.24) is 9.62 Å². The van der Waals surface area contributed by atoms with Crippen LogP contribution in [0.25, 0.3) is 0 Å². The molecule has 0 spiro atoms. The van der Waals surface area contributed by atoms with Crippen molar-refractivity contribution >= 4 is 15.9 Å². The first-order valence-electron chi connectivity index (χ1n) is 11.0. The molecule has 6 nitrogen and oxygen atoms in total. The van der Waals surface area contributed by atoms with Gasteiger partial charge in [0, 0.05) is 19.0 Å². The third kappa shape index (κ3) is 6.64. The molecule has 0 aliphatic heterocycles. The minimum atomic E-state index is -3.69. The second-order valence-corrected chi connectivity index (χ2v) is 10.7. The second-order valence-electron chi connectivity index (χ2n) is 8.97. The van der Waals surface area contributed by atoms with E-state index in [1.807, 2.05) is 58.0 Å². The summed E-state index contributed by atoms with van der Waals surface area (Å²) < 4.78 is 28.5. The normalized spacial score (nSPS) is 15.8. The van der Waals surface area contributed by atoms with Gasteiger partial charge >= 0.3 is 0 Å². The van der Waals surface area contributed by atoms with Gasteiger partial charge in [0.1, 0.15) is 0 Å². The fourth-order valence-electron chi connectivity index (χ4n) is 3.61. The number of aliphatic hydroxyl groups is 1. The zero-order valence-electron chi connectivity index (χ0n) is 19.8. The van der Waals surface area contributed by atoms with Crippen molar-refractivity contribution in [2.75, 3.05) is 7.05 Å². The number of nitrogens with zero attached hydrogens (tertiary/aromatic N) is 1. The Kier molecular flexibility index (Phi) is 9.01. The van der Waals surface area contributed by atoms with E-state index in [1.165, 1.54) is 0 Å². The molecule has 0 aliphatic carbocycles. The summed E-state index contributed by atoms with van der Waals surface area (Å²) in [5, 5.41) is 10.7. The molecule has 32 heavy (non-hydrogen) atoms. The summed E-state index contributed by atoms with van der Waals surface area (Å²) in [7, 11) is -2.02. The highest BCUT2D eigenvalue weighted by atomic mass is 32.2. The number of hydrogen-bond donors (Lipinski definition) is 2. The average molecular weight is 461 g/mol. The van der Waals surface area contributed by atoms with Crippen LogP contribution in [0.5, 0.6) is 0 Å². The Labute approximate surface area is 192 Å². The Morgan fingerprint density at radius 3 is 2.09 bits per heavy atom. The van der Waals surface area contributed by atoms with Gasteiger partial charge in [0.2, 0.25) is 15.9 Å². The predicted octanol–water partition coefficient (Wildman–Crippen LogP) is 3.90. The number of carbonyl (C=O) groups is 1. The molecule has 2 N–H and O–H groups in total. The highest BCUT2D eigenvalue weighted by molar-refractivity contribution is 7.89. The largest absolute Gasteiger partial charge is 0.386 e. The highest BCUT2D eigenvalue weighted by Crippen LogP contribution is 2.23. The van der Waals surface area contributed by atoms with E-state index in [9.17, 15) is 18.3 Å².